The van der Waals surface area contributed by atoms with Crippen molar-refractivity contribution in [1.82, 2.24) is 20.0 Å². The molecule has 152 valence electrons. The Bertz CT molecular complexity index is 435. The van der Waals surface area contributed by atoms with Gasteiger partial charge in [-0.1, -0.05) is 6.92 Å². The summed E-state index contributed by atoms with van der Waals surface area (Å²) < 4.78 is 0. The van der Waals surface area contributed by atoms with E-state index in [0.717, 1.165) is 13.0 Å². The van der Waals surface area contributed by atoms with Gasteiger partial charge < -0.3 is 25.5 Å². The number of likely N-dealkylation sites (N-methyl/N-ethyl adjacent to an activating group) is 1. The van der Waals surface area contributed by atoms with E-state index < -0.39 is 17.9 Å². The standard InChI is InChI=1S/C16H32N4O6/c1-3-5-19(12-15(23)24)9-7-18(2)8-10-20(13-16(25)26)6-4-17-11-14(21)22/h17H,3-13H2,1-2H3,(H,21,22)(H,23,24)(H,25,26). The molecule has 0 fully saturated rings. The smallest absolute Gasteiger partial charge is 0.317 e. The number of hydrogen-bond acceptors (Lipinski definition) is 7. The molecule has 0 aliphatic rings. The van der Waals surface area contributed by atoms with Crippen LogP contribution in [-0.2, 0) is 14.4 Å². The Balaban J connectivity index is 4.23. The third-order valence-electron chi connectivity index (χ3n) is 3.73. The third-order valence-corrected chi connectivity index (χ3v) is 3.73. The summed E-state index contributed by atoms with van der Waals surface area (Å²) in [5, 5.41) is 29.2. The van der Waals surface area contributed by atoms with Gasteiger partial charge in [-0.3, -0.25) is 24.2 Å². The van der Waals surface area contributed by atoms with Crippen molar-refractivity contribution in [3.63, 3.8) is 0 Å². The maximum absolute atomic E-state index is 11.0. The first-order chi connectivity index (χ1) is 12.2. The number of carbonyl (C=O) groups is 3. The Kier molecular flexibility index (Phi) is 13.5. The number of carboxylic acid groups (broad SMARTS) is 3. The first kappa shape index (κ1) is 24.2. The molecule has 0 aliphatic carbocycles. The quantitative estimate of drug-likeness (QED) is 0.229. The Morgan fingerprint density at radius 3 is 1.69 bits per heavy atom. The van der Waals surface area contributed by atoms with E-state index in [4.69, 9.17) is 15.3 Å². The van der Waals surface area contributed by atoms with Crippen LogP contribution in [-0.4, -0.2) is 120 Å². The van der Waals surface area contributed by atoms with Crippen molar-refractivity contribution in [1.29, 1.82) is 0 Å². The van der Waals surface area contributed by atoms with Gasteiger partial charge in [0.15, 0.2) is 0 Å². The highest BCUT2D eigenvalue weighted by Crippen LogP contribution is 1.95. The third kappa shape index (κ3) is 14.6. The average Bonchev–Trinajstić information content (AvgIpc) is 2.53. The maximum Gasteiger partial charge on any atom is 0.317 e. The number of nitrogens with one attached hydrogen (secondary N) is 1. The molecule has 0 aromatic carbocycles. The van der Waals surface area contributed by atoms with Crippen molar-refractivity contribution in [3.05, 3.63) is 0 Å². The van der Waals surface area contributed by atoms with Crippen molar-refractivity contribution in [3.8, 4) is 0 Å². The molecule has 4 N–H and O–H groups in total. The molecule has 0 aromatic heterocycles. The summed E-state index contributed by atoms with van der Waals surface area (Å²) in [6.07, 6.45) is 0.882. The molecule has 0 aromatic rings. The second kappa shape index (κ2) is 14.4. The predicted octanol–water partition coefficient (Wildman–Crippen LogP) is -1.22. The van der Waals surface area contributed by atoms with Gasteiger partial charge in [-0.2, -0.15) is 0 Å². The van der Waals surface area contributed by atoms with E-state index in [9.17, 15) is 14.4 Å². The molecule has 0 saturated carbocycles. The molecule has 0 atom stereocenters. The minimum absolute atomic E-state index is 0.0159. The van der Waals surface area contributed by atoms with Crippen LogP contribution in [0.5, 0.6) is 0 Å². The second-order valence-electron chi connectivity index (χ2n) is 6.21. The van der Waals surface area contributed by atoms with Gasteiger partial charge in [0.25, 0.3) is 0 Å². The maximum atomic E-state index is 11.0. The van der Waals surface area contributed by atoms with Gasteiger partial charge in [0, 0.05) is 39.3 Å². The zero-order valence-electron chi connectivity index (χ0n) is 15.7. The number of rotatable bonds is 17. The summed E-state index contributed by atoms with van der Waals surface area (Å²) in [5.41, 5.74) is 0. The summed E-state index contributed by atoms with van der Waals surface area (Å²) in [4.78, 5) is 37.9. The lowest BCUT2D eigenvalue weighted by atomic mass is 10.3. The molecule has 10 heteroatoms. The second-order valence-corrected chi connectivity index (χ2v) is 6.21. The van der Waals surface area contributed by atoms with Crippen LogP contribution in [0, 0.1) is 0 Å². The Morgan fingerprint density at radius 2 is 1.27 bits per heavy atom. The number of carboxylic acids is 3. The lowest BCUT2D eigenvalue weighted by Crippen LogP contribution is -2.42. The van der Waals surface area contributed by atoms with Crippen molar-refractivity contribution in [2.75, 3.05) is 72.5 Å². The van der Waals surface area contributed by atoms with Gasteiger partial charge >= 0.3 is 17.9 Å². The zero-order valence-corrected chi connectivity index (χ0v) is 15.7. The van der Waals surface area contributed by atoms with Crippen LogP contribution in [0.3, 0.4) is 0 Å². The predicted molar refractivity (Wildman–Crippen MR) is 96.4 cm³/mol. The van der Waals surface area contributed by atoms with Gasteiger partial charge in [0.05, 0.1) is 19.6 Å². The molecule has 0 heterocycles. The van der Waals surface area contributed by atoms with E-state index >= 15 is 0 Å². The van der Waals surface area contributed by atoms with Gasteiger partial charge in [0.2, 0.25) is 0 Å². The zero-order chi connectivity index (χ0) is 19.9. The van der Waals surface area contributed by atoms with Crippen molar-refractivity contribution in [2.24, 2.45) is 0 Å². The molecular formula is C16H32N4O6. The van der Waals surface area contributed by atoms with Crippen molar-refractivity contribution >= 4 is 17.9 Å². The van der Waals surface area contributed by atoms with Crippen LogP contribution in [0.1, 0.15) is 13.3 Å². The fourth-order valence-electron chi connectivity index (χ4n) is 2.41. The molecule has 0 bridgehead atoms. The molecule has 0 amide bonds. The highest BCUT2D eigenvalue weighted by Gasteiger charge is 2.13. The first-order valence-electron chi connectivity index (χ1n) is 8.74. The highest BCUT2D eigenvalue weighted by molar-refractivity contribution is 5.69. The summed E-state index contributed by atoms with van der Waals surface area (Å²) in [7, 11) is 1.91. The number of hydrogen-bond donors (Lipinski definition) is 4. The molecule has 0 aliphatic heterocycles. The van der Waals surface area contributed by atoms with E-state index in [1.165, 1.54) is 0 Å². The Morgan fingerprint density at radius 1 is 0.769 bits per heavy atom. The molecule has 0 radical (unpaired) electrons. The Labute approximate surface area is 154 Å². The minimum atomic E-state index is -0.951. The first-order valence-corrected chi connectivity index (χ1v) is 8.74. The molecule has 0 unspecified atom stereocenters. The minimum Gasteiger partial charge on any atom is -0.480 e. The summed E-state index contributed by atoms with van der Waals surface area (Å²) in [6, 6.07) is 0. The molecule has 10 nitrogen and oxygen atoms in total. The summed E-state index contributed by atoms with van der Waals surface area (Å²) >= 11 is 0. The highest BCUT2D eigenvalue weighted by atomic mass is 16.4. The van der Waals surface area contributed by atoms with Crippen LogP contribution in [0.15, 0.2) is 0 Å². The van der Waals surface area contributed by atoms with Gasteiger partial charge in [0.1, 0.15) is 0 Å². The summed E-state index contributed by atoms with van der Waals surface area (Å²) in [5.74, 6) is -2.73. The van der Waals surface area contributed by atoms with Gasteiger partial charge in [-0.25, -0.2) is 0 Å². The van der Waals surface area contributed by atoms with Crippen molar-refractivity contribution in [2.45, 2.75) is 13.3 Å². The topological polar surface area (TPSA) is 134 Å². The lowest BCUT2D eigenvalue weighted by molar-refractivity contribution is -0.139. The van der Waals surface area contributed by atoms with E-state index in [2.05, 4.69) is 5.32 Å². The Hall–Kier alpha value is -1.75. The number of aliphatic carboxylic acids is 3. The number of nitrogens with zero attached hydrogens (tertiary/aromatic N) is 3. The van der Waals surface area contributed by atoms with Crippen LogP contribution < -0.4 is 5.32 Å². The fraction of sp³-hybridized carbons (Fsp3) is 0.812. The summed E-state index contributed by atoms with van der Waals surface area (Å²) in [6.45, 7) is 5.80. The molecular weight excluding hydrogens is 344 g/mol. The molecule has 26 heavy (non-hydrogen) atoms. The van der Waals surface area contributed by atoms with Crippen LogP contribution in [0.4, 0.5) is 0 Å². The fourth-order valence-corrected chi connectivity index (χ4v) is 2.41. The largest absolute Gasteiger partial charge is 0.480 e. The molecule has 0 rings (SSSR count). The monoisotopic (exact) mass is 376 g/mol. The van der Waals surface area contributed by atoms with Crippen LogP contribution >= 0.6 is 0 Å². The normalized spacial score (nSPS) is 11.4. The van der Waals surface area contributed by atoms with E-state index in [0.29, 0.717) is 39.3 Å². The van der Waals surface area contributed by atoms with Gasteiger partial charge in [-0.15, -0.1) is 0 Å². The molecule has 0 spiro atoms. The average molecular weight is 376 g/mol. The molecule has 0 saturated heterocycles. The lowest BCUT2D eigenvalue weighted by Gasteiger charge is -2.26. The van der Waals surface area contributed by atoms with E-state index in [-0.39, 0.29) is 19.6 Å². The van der Waals surface area contributed by atoms with Crippen LogP contribution in [0.2, 0.25) is 0 Å². The van der Waals surface area contributed by atoms with Crippen LogP contribution in [0.25, 0.3) is 0 Å². The van der Waals surface area contributed by atoms with E-state index in [1.54, 1.807) is 4.90 Å². The SMILES string of the molecule is CCCN(CCN(C)CCN(CCNCC(=O)O)CC(=O)O)CC(=O)O. The van der Waals surface area contributed by atoms with E-state index in [1.807, 2.05) is 23.8 Å². The van der Waals surface area contributed by atoms with Crippen molar-refractivity contribution < 1.29 is 29.7 Å². The van der Waals surface area contributed by atoms with Gasteiger partial charge in [-0.05, 0) is 20.0 Å².